The van der Waals surface area contributed by atoms with Crippen molar-refractivity contribution >= 4 is 22.5 Å². The summed E-state index contributed by atoms with van der Waals surface area (Å²) in [6.07, 6.45) is 0.673. The molecule has 8 heteroatoms. The number of hydrogen-bond acceptors (Lipinski definition) is 6. The highest BCUT2D eigenvalue weighted by atomic mass is 16.5. The van der Waals surface area contributed by atoms with Crippen molar-refractivity contribution in [3.8, 4) is 11.5 Å². The van der Waals surface area contributed by atoms with Crippen LogP contribution in [0.15, 0.2) is 47.3 Å². The van der Waals surface area contributed by atoms with E-state index >= 15 is 0 Å². The van der Waals surface area contributed by atoms with Gasteiger partial charge in [0, 0.05) is 19.0 Å². The number of nitrogens with zero attached hydrogens (tertiary/aromatic N) is 3. The van der Waals surface area contributed by atoms with Crippen molar-refractivity contribution in [3.05, 3.63) is 52.8 Å². The number of anilines is 1. The topological polar surface area (TPSA) is 95.3 Å². The van der Waals surface area contributed by atoms with Crippen LogP contribution in [-0.4, -0.2) is 35.1 Å². The number of aromatic nitrogens is 3. The normalized spacial score (nSPS) is 10.6. The molecule has 3 aromatic rings. The number of amides is 1. The summed E-state index contributed by atoms with van der Waals surface area (Å²) >= 11 is 0. The molecule has 0 aliphatic rings. The molecule has 0 bridgehead atoms. The van der Waals surface area contributed by atoms with Crippen LogP contribution in [0.25, 0.3) is 10.9 Å². The van der Waals surface area contributed by atoms with Gasteiger partial charge in [0.05, 0.1) is 25.3 Å². The fraction of sp³-hybridized carbons (Fsp3) is 0.263. The molecule has 8 nitrogen and oxygen atoms in total. The average molecular weight is 368 g/mol. The summed E-state index contributed by atoms with van der Waals surface area (Å²) in [4.78, 5) is 24.6. The van der Waals surface area contributed by atoms with Crippen molar-refractivity contribution in [3.63, 3.8) is 0 Å². The van der Waals surface area contributed by atoms with Crippen molar-refractivity contribution < 1.29 is 14.3 Å². The molecule has 1 amide bonds. The Labute approximate surface area is 155 Å². The van der Waals surface area contributed by atoms with Crippen LogP contribution in [0.1, 0.15) is 12.8 Å². The fourth-order valence-electron chi connectivity index (χ4n) is 2.68. The van der Waals surface area contributed by atoms with E-state index in [2.05, 4.69) is 15.6 Å². The molecule has 0 saturated carbocycles. The average Bonchev–Trinajstić information content (AvgIpc) is 2.70. The van der Waals surface area contributed by atoms with Gasteiger partial charge in [-0.25, -0.2) is 4.68 Å². The Balaban J connectivity index is 1.62. The summed E-state index contributed by atoms with van der Waals surface area (Å²) in [5, 5.41) is 11.3. The molecule has 140 valence electrons. The number of carbonyl (C=O) groups excluding carboxylic acids is 1. The number of ether oxygens (including phenoxy) is 2. The number of benzene rings is 2. The predicted octanol–water partition coefficient (Wildman–Crippen LogP) is 2.23. The van der Waals surface area contributed by atoms with Crippen LogP contribution in [0, 0.1) is 0 Å². The van der Waals surface area contributed by atoms with E-state index in [0.29, 0.717) is 41.1 Å². The number of carbonyl (C=O) groups is 1. The van der Waals surface area contributed by atoms with Crippen molar-refractivity contribution in [1.29, 1.82) is 0 Å². The van der Waals surface area contributed by atoms with E-state index in [-0.39, 0.29) is 17.9 Å². The molecule has 27 heavy (non-hydrogen) atoms. The second-order valence-electron chi connectivity index (χ2n) is 5.85. The maximum absolute atomic E-state index is 12.4. The van der Waals surface area contributed by atoms with Crippen LogP contribution >= 0.6 is 0 Å². The van der Waals surface area contributed by atoms with Gasteiger partial charge in [-0.1, -0.05) is 17.3 Å². The van der Waals surface area contributed by atoms with Crippen LogP contribution in [-0.2, 0) is 11.3 Å². The minimum atomic E-state index is -0.213. The molecule has 0 fully saturated rings. The maximum atomic E-state index is 12.4. The van der Waals surface area contributed by atoms with Gasteiger partial charge in [-0.15, -0.1) is 5.10 Å². The summed E-state index contributed by atoms with van der Waals surface area (Å²) in [5.41, 5.74) is 0.876. The minimum absolute atomic E-state index is 0.191. The first-order chi connectivity index (χ1) is 13.1. The van der Waals surface area contributed by atoms with Crippen LogP contribution in [0.4, 0.5) is 5.69 Å². The number of fused-ring (bicyclic) bond motifs is 1. The Bertz CT molecular complexity index is 1020. The molecule has 2 aromatic carbocycles. The standard InChI is InChI=1S/C19H20N4O4/c1-26-13-9-10-17(27-2)16(12-13)20-18(24)8-5-11-23-19(25)14-6-3-4-7-15(14)21-22-23/h3-4,6-7,9-10,12H,5,8,11H2,1-2H3,(H,20,24). The molecular formula is C19H20N4O4. The summed E-state index contributed by atoms with van der Waals surface area (Å²) in [6.45, 7) is 0.305. The smallest absolute Gasteiger partial charge is 0.277 e. The van der Waals surface area contributed by atoms with E-state index < -0.39 is 0 Å². The third kappa shape index (κ3) is 4.22. The van der Waals surface area contributed by atoms with E-state index in [9.17, 15) is 9.59 Å². The molecule has 0 unspecified atom stereocenters. The highest BCUT2D eigenvalue weighted by Crippen LogP contribution is 2.29. The largest absolute Gasteiger partial charge is 0.497 e. The molecule has 1 N–H and O–H groups in total. The first-order valence-electron chi connectivity index (χ1n) is 8.47. The highest BCUT2D eigenvalue weighted by molar-refractivity contribution is 5.92. The van der Waals surface area contributed by atoms with Gasteiger partial charge in [-0.2, -0.15) is 0 Å². The third-order valence-corrected chi connectivity index (χ3v) is 4.08. The predicted molar refractivity (Wildman–Crippen MR) is 101 cm³/mol. The van der Waals surface area contributed by atoms with Gasteiger partial charge in [0.1, 0.15) is 17.0 Å². The van der Waals surface area contributed by atoms with Gasteiger partial charge in [0.15, 0.2) is 0 Å². The number of methoxy groups -OCH3 is 2. The van der Waals surface area contributed by atoms with Gasteiger partial charge in [0.25, 0.3) is 5.56 Å². The first kappa shape index (κ1) is 18.4. The molecule has 0 radical (unpaired) electrons. The molecule has 0 atom stereocenters. The zero-order valence-electron chi connectivity index (χ0n) is 15.1. The summed E-state index contributed by atoms with van der Waals surface area (Å²) in [6, 6.07) is 12.2. The number of hydrogen-bond donors (Lipinski definition) is 1. The monoisotopic (exact) mass is 368 g/mol. The number of nitrogens with one attached hydrogen (secondary N) is 1. The lowest BCUT2D eigenvalue weighted by Gasteiger charge is -2.11. The summed E-state index contributed by atoms with van der Waals surface area (Å²) in [7, 11) is 3.08. The second-order valence-corrected chi connectivity index (χ2v) is 5.85. The van der Waals surface area contributed by atoms with E-state index in [1.165, 1.54) is 11.8 Å². The van der Waals surface area contributed by atoms with Crippen LogP contribution in [0.5, 0.6) is 11.5 Å². The van der Waals surface area contributed by atoms with Gasteiger partial charge >= 0.3 is 0 Å². The quantitative estimate of drug-likeness (QED) is 0.687. The number of aryl methyl sites for hydroxylation is 1. The SMILES string of the molecule is COc1ccc(OC)c(NC(=O)CCCn2nnc3ccccc3c2=O)c1. The lowest BCUT2D eigenvalue weighted by molar-refractivity contribution is -0.116. The van der Waals surface area contributed by atoms with Gasteiger partial charge in [-0.3, -0.25) is 9.59 Å². The van der Waals surface area contributed by atoms with Gasteiger partial charge in [0.2, 0.25) is 5.91 Å². The van der Waals surface area contributed by atoms with Crippen molar-refractivity contribution in [2.75, 3.05) is 19.5 Å². The minimum Gasteiger partial charge on any atom is -0.497 e. The van der Waals surface area contributed by atoms with Gasteiger partial charge < -0.3 is 14.8 Å². The van der Waals surface area contributed by atoms with Crippen LogP contribution in [0.3, 0.4) is 0 Å². The molecule has 3 rings (SSSR count). The second kappa shape index (κ2) is 8.31. The number of rotatable bonds is 7. The Kier molecular flexibility index (Phi) is 5.65. The van der Waals surface area contributed by atoms with Gasteiger partial charge in [-0.05, 0) is 30.7 Å². The third-order valence-electron chi connectivity index (χ3n) is 4.08. The fourth-order valence-corrected chi connectivity index (χ4v) is 2.68. The Morgan fingerprint density at radius 2 is 1.96 bits per heavy atom. The molecule has 1 heterocycles. The first-order valence-corrected chi connectivity index (χ1v) is 8.47. The zero-order valence-corrected chi connectivity index (χ0v) is 15.1. The maximum Gasteiger partial charge on any atom is 0.277 e. The Hall–Kier alpha value is -3.42. The lowest BCUT2D eigenvalue weighted by Crippen LogP contribution is -2.25. The van der Waals surface area contributed by atoms with E-state index in [4.69, 9.17) is 9.47 Å². The van der Waals surface area contributed by atoms with Crippen LogP contribution < -0.4 is 20.3 Å². The van der Waals surface area contributed by atoms with Crippen molar-refractivity contribution in [2.45, 2.75) is 19.4 Å². The Morgan fingerprint density at radius 3 is 2.74 bits per heavy atom. The molecule has 1 aromatic heterocycles. The lowest BCUT2D eigenvalue weighted by atomic mass is 10.2. The molecule has 0 spiro atoms. The molecule has 0 aliphatic carbocycles. The van der Waals surface area contributed by atoms with E-state index in [1.807, 2.05) is 0 Å². The zero-order chi connectivity index (χ0) is 19.2. The van der Waals surface area contributed by atoms with E-state index in [0.717, 1.165) is 0 Å². The molecule has 0 saturated heterocycles. The summed E-state index contributed by atoms with van der Waals surface area (Å²) < 4.78 is 11.7. The Morgan fingerprint density at radius 1 is 1.15 bits per heavy atom. The van der Waals surface area contributed by atoms with E-state index in [1.54, 1.807) is 49.6 Å². The van der Waals surface area contributed by atoms with Crippen molar-refractivity contribution in [1.82, 2.24) is 15.0 Å². The van der Waals surface area contributed by atoms with Crippen molar-refractivity contribution in [2.24, 2.45) is 0 Å². The summed E-state index contributed by atoms with van der Waals surface area (Å²) in [5.74, 6) is 0.966. The molecule has 0 aliphatic heterocycles. The van der Waals surface area contributed by atoms with Crippen LogP contribution in [0.2, 0.25) is 0 Å². The highest BCUT2D eigenvalue weighted by Gasteiger charge is 2.10. The molecular weight excluding hydrogens is 348 g/mol.